The van der Waals surface area contributed by atoms with E-state index in [9.17, 15) is 0 Å². The average Bonchev–Trinajstić information content (AvgIpc) is 2.87. The molecule has 0 radical (unpaired) electrons. The molecule has 4 nitrogen and oxygen atoms in total. The van der Waals surface area contributed by atoms with E-state index in [0.717, 1.165) is 36.3 Å². The summed E-state index contributed by atoms with van der Waals surface area (Å²) in [6.07, 6.45) is 0.668. The summed E-state index contributed by atoms with van der Waals surface area (Å²) in [6, 6.07) is 6.42. The number of benzene rings is 1. The highest BCUT2D eigenvalue weighted by Crippen LogP contribution is 2.33. The van der Waals surface area contributed by atoms with Gasteiger partial charge in [0, 0.05) is 36.1 Å². The molecular weight excluding hydrogens is 308 g/mol. The van der Waals surface area contributed by atoms with Crippen molar-refractivity contribution in [2.75, 3.05) is 26.3 Å². The van der Waals surface area contributed by atoms with Crippen molar-refractivity contribution in [3.8, 4) is 11.8 Å². The van der Waals surface area contributed by atoms with Gasteiger partial charge in [0.1, 0.15) is 5.75 Å². The zero-order valence-electron chi connectivity index (χ0n) is 10.6. The van der Waals surface area contributed by atoms with Crippen LogP contribution in [0.1, 0.15) is 11.1 Å². The van der Waals surface area contributed by atoms with Crippen LogP contribution in [0.25, 0.3) is 0 Å². The minimum absolute atomic E-state index is 0.310. The van der Waals surface area contributed by atoms with Crippen LogP contribution in [0, 0.1) is 11.3 Å². The van der Waals surface area contributed by atoms with E-state index in [2.05, 4.69) is 39.0 Å². The number of morpholine rings is 1. The fourth-order valence-electron chi connectivity index (χ4n) is 2.63. The summed E-state index contributed by atoms with van der Waals surface area (Å²) in [4.78, 5) is 2.25. The van der Waals surface area contributed by atoms with Crippen LogP contribution >= 0.6 is 15.9 Å². The van der Waals surface area contributed by atoms with Gasteiger partial charge in [-0.15, -0.1) is 0 Å². The van der Waals surface area contributed by atoms with Crippen LogP contribution in [0.2, 0.25) is 0 Å². The fraction of sp³-hybridized carbons (Fsp3) is 0.500. The first-order valence-corrected chi connectivity index (χ1v) is 7.23. The molecule has 0 N–H and O–H groups in total. The Kier molecular flexibility index (Phi) is 3.74. The number of nitriles is 1. The van der Waals surface area contributed by atoms with Crippen molar-refractivity contribution < 1.29 is 9.47 Å². The highest BCUT2D eigenvalue weighted by molar-refractivity contribution is 9.10. The predicted octanol–water partition coefficient (Wildman–Crippen LogP) is 2.11. The van der Waals surface area contributed by atoms with Crippen LogP contribution in [0.15, 0.2) is 16.6 Å². The third-order valence-electron chi connectivity index (χ3n) is 3.51. The zero-order valence-corrected chi connectivity index (χ0v) is 12.1. The smallest absolute Gasteiger partial charge is 0.156 e. The molecule has 1 fully saturated rings. The number of nitrogens with zero attached hydrogens (tertiary/aromatic N) is 2. The van der Waals surface area contributed by atoms with Crippen LogP contribution in [0.5, 0.6) is 5.75 Å². The Morgan fingerprint density at radius 3 is 3.16 bits per heavy atom. The van der Waals surface area contributed by atoms with Gasteiger partial charge in [-0.2, -0.15) is 5.26 Å². The summed E-state index contributed by atoms with van der Waals surface area (Å²) >= 11 is 3.55. The monoisotopic (exact) mass is 322 g/mol. The molecule has 0 amide bonds. The van der Waals surface area contributed by atoms with E-state index in [0.29, 0.717) is 13.2 Å². The van der Waals surface area contributed by atoms with Gasteiger partial charge >= 0.3 is 0 Å². The molecule has 2 aliphatic heterocycles. The maximum absolute atomic E-state index is 8.94. The summed E-state index contributed by atoms with van der Waals surface area (Å²) < 4.78 is 12.2. The summed E-state index contributed by atoms with van der Waals surface area (Å²) in [5.74, 6) is 1.03. The summed E-state index contributed by atoms with van der Waals surface area (Å²) in [5.41, 5.74) is 2.47. The summed E-state index contributed by atoms with van der Waals surface area (Å²) in [5, 5.41) is 8.94. The topological polar surface area (TPSA) is 45.5 Å². The lowest BCUT2D eigenvalue weighted by molar-refractivity contribution is -0.00292. The van der Waals surface area contributed by atoms with E-state index < -0.39 is 0 Å². The number of fused-ring (bicyclic) bond motifs is 1. The summed E-state index contributed by atoms with van der Waals surface area (Å²) in [6.45, 7) is 3.72. The number of hydrogen-bond acceptors (Lipinski definition) is 4. The van der Waals surface area contributed by atoms with Gasteiger partial charge in [-0.25, -0.2) is 0 Å². The second-order valence-electron chi connectivity index (χ2n) is 4.88. The number of rotatable bonds is 2. The first-order valence-electron chi connectivity index (χ1n) is 6.44. The Balaban J connectivity index is 1.78. The standard InChI is InChI=1S/C14H15BrN2O2/c15-12-5-10-1-3-19-14(10)11(6-12)8-17-2-4-18-13(7-16)9-17/h5-6,13H,1-4,8-9H2. The molecule has 0 aliphatic carbocycles. The van der Waals surface area contributed by atoms with E-state index in [4.69, 9.17) is 14.7 Å². The molecule has 1 atom stereocenters. The number of hydrogen-bond donors (Lipinski definition) is 0. The molecule has 0 spiro atoms. The van der Waals surface area contributed by atoms with Gasteiger partial charge in [0.2, 0.25) is 0 Å². The Labute approximate surface area is 121 Å². The maximum Gasteiger partial charge on any atom is 0.156 e. The molecule has 0 aromatic heterocycles. The van der Waals surface area contributed by atoms with Crippen molar-refractivity contribution in [3.63, 3.8) is 0 Å². The average molecular weight is 323 g/mol. The molecule has 1 unspecified atom stereocenters. The Morgan fingerprint density at radius 1 is 1.42 bits per heavy atom. The molecule has 1 aromatic carbocycles. The highest BCUT2D eigenvalue weighted by Gasteiger charge is 2.23. The highest BCUT2D eigenvalue weighted by atomic mass is 79.9. The van der Waals surface area contributed by atoms with E-state index >= 15 is 0 Å². The Bertz CT molecular complexity index is 527. The lowest BCUT2D eigenvalue weighted by atomic mass is 10.1. The van der Waals surface area contributed by atoms with E-state index in [1.807, 2.05) is 0 Å². The van der Waals surface area contributed by atoms with E-state index in [1.165, 1.54) is 11.1 Å². The molecule has 19 heavy (non-hydrogen) atoms. The van der Waals surface area contributed by atoms with Gasteiger partial charge in [0.05, 0.1) is 19.3 Å². The third-order valence-corrected chi connectivity index (χ3v) is 3.97. The first kappa shape index (κ1) is 12.9. The molecule has 100 valence electrons. The second kappa shape index (κ2) is 5.49. The molecular formula is C14H15BrN2O2. The van der Waals surface area contributed by atoms with Gasteiger partial charge in [-0.1, -0.05) is 15.9 Å². The van der Waals surface area contributed by atoms with Crippen LogP contribution in [0.4, 0.5) is 0 Å². The van der Waals surface area contributed by atoms with Crippen LogP contribution in [-0.4, -0.2) is 37.3 Å². The Hall–Kier alpha value is -1.09. The van der Waals surface area contributed by atoms with Crippen molar-refractivity contribution in [3.05, 3.63) is 27.7 Å². The lowest BCUT2D eigenvalue weighted by Gasteiger charge is -2.30. The normalized spacial score (nSPS) is 22.6. The van der Waals surface area contributed by atoms with Gasteiger partial charge in [0.15, 0.2) is 6.10 Å². The molecule has 2 aliphatic rings. The minimum atomic E-state index is -0.310. The van der Waals surface area contributed by atoms with Gasteiger partial charge in [-0.3, -0.25) is 4.90 Å². The van der Waals surface area contributed by atoms with Gasteiger partial charge in [0.25, 0.3) is 0 Å². The van der Waals surface area contributed by atoms with Crippen LogP contribution in [-0.2, 0) is 17.7 Å². The van der Waals surface area contributed by atoms with Crippen LogP contribution in [0.3, 0.4) is 0 Å². The SMILES string of the molecule is N#CC1CN(Cc2cc(Br)cc3c2OCC3)CCO1. The van der Waals surface area contributed by atoms with E-state index in [1.54, 1.807) is 0 Å². The van der Waals surface area contributed by atoms with Crippen molar-refractivity contribution in [2.45, 2.75) is 19.1 Å². The predicted molar refractivity (Wildman–Crippen MR) is 74.0 cm³/mol. The zero-order chi connectivity index (χ0) is 13.2. The number of ether oxygens (including phenoxy) is 2. The minimum Gasteiger partial charge on any atom is -0.493 e. The Morgan fingerprint density at radius 2 is 2.32 bits per heavy atom. The molecule has 5 heteroatoms. The van der Waals surface area contributed by atoms with Crippen molar-refractivity contribution >= 4 is 15.9 Å². The van der Waals surface area contributed by atoms with Crippen molar-refractivity contribution in [2.24, 2.45) is 0 Å². The van der Waals surface area contributed by atoms with Gasteiger partial charge < -0.3 is 9.47 Å². The largest absolute Gasteiger partial charge is 0.493 e. The third kappa shape index (κ3) is 2.76. The molecule has 0 saturated carbocycles. The maximum atomic E-state index is 8.94. The van der Waals surface area contributed by atoms with Crippen LogP contribution < -0.4 is 4.74 Å². The summed E-state index contributed by atoms with van der Waals surface area (Å²) in [7, 11) is 0. The van der Waals surface area contributed by atoms with Gasteiger partial charge in [-0.05, 0) is 17.7 Å². The fourth-order valence-corrected chi connectivity index (χ4v) is 3.18. The second-order valence-corrected chi connectivity index (χ2v) is 5.79. The van der Waals surface area contributed by atoms with Crippen molar-refractivity contribution in [1.82, 2.24) is 4.90 Å². The van der Waals surface area contributed by atoms with Crippen molar-refractivity contribution in [1.29, 1.82) is 5.26 Å². The molecule has 3 rings (SSSR count). The lowest BCUT2D eigenvalue weighted by Crippen LogP contribution is -2.41. The quantitative estimate of drug-likeness (QED) is 0.836. The van der Waals surface area contributed by atoms with E-state index in [-0.39, 0.29) is 6.10 Å². The molecule has 1 aromatic rings. The molecule has 2 heterocycles. The molecule has 0 bridgehead atoms. The first-order chi connectivity index (χ1) is 9.26. The number of halogens is 1. The molecule has 1 saturated heterocycles.